The number of benzene rings is 2. The number of Topliss-reactive ketones (excluding diaryl/α,β-unsaturated/α-hetero) is 1. The van der Waals surface area contributed by atoms with Gasteiger partial charge in [0.2, 0.25) is 0 Å². The summed E-state index contributed by atoms with van der Waals surface area (Å²) in [5.74, 6) is -3.97. The van der Waals surface area contributed by atoms with Gasteiger partial charge in [-0.1, -0.05) is 28.1 Å². The zero-order valence-electron chi connectivity index (χ0n) is 15.5. The number of anilines is 1. The number of rotatable bonds is 3. The lowest BCUT2D eigenvalue weighted by Gasteiger charge is -2.24. The second kappa shape index (κ2) is 7.77. The van der Waals surface area contributed by atoms with E-state index < -0.39 is 29.4 Å². The minimum absolute atomic E-state index is 0.173. The van der Waals surface area contributed by atoms with Crippen molar-refractivity contribution >= 4 is 50.4 Å². The fourth-order valence-corrected chi connectivity index (χ4v) is 4.49. The number of hydrogen-bond acceptors (Lipinski definition) is 4. The first-order valence-corrected chi connectivity index (χ1v) is 10.5. The van der Waals surface area contributed by atoms with Crippen LogP contribution in [-0.2, 0) is 9.59 Å². The molecule has 8 heteroatoms. The molecule has 1 atom stereocenters. The number of aliphatic hydroxyl groups is 1. The highest BCUT2D eigenvalue weighted by atomic mass is 79.9. The van der Waals surface area contributed by atoms with E-state index in [4.69, 9.17) is 0 Å². The molecule has 1 unspecified atom stereocenters. The Morgan fingerprint density at radius 2 is 1.90 bits per heavy atom. The Kier molecular flexibility index (Phi) is 5.29. The van der Waals surface area contributed by atoms with Gasteiger partial charge >= 0.3 is 0 Å². The van der Waals surface area contributed by atoms with Gasteiger partial charge in [0.25, 0.3) is 11.7 Å². The van der Waals surface area contributed by atoms with Crippen LogP contribution in [0.1, 0.15) is 22.0 Å². The lowest BCUT2D eigenvalue weighted by molar-refractivity contribution is -0.132. The lowest BCUT2D eigenvalue weighted by atomic mass is 9.99. The topological polar surface area (TPSA) is 57.6 Å². The van der Waals surface area contributed by atoms with Crippen LogP contribution in [0.5, 0.6) is 0 Å². The maximum Gasteiger partial charge on any atom is 0.300 e. The number of amides is 1. The van der Waals surface area contributed by atoms with Crippen molar-refractivity contribution < 1.29 is 23.5 Å². The van der Waals surface area contributed by atoms with Gasteiger partial charge in [0, 0.05) is 21.0 Å². The van der Waals surface area contributed by atoms with E-state index in [-0.39, 0.29) is 17.0 Å². The molecule has 1 aliphatic heterocycles. The van der Waals surface area contributed by atoms with E-state index in [2.05, 4.69) is 15.9 Å². The molecule has 1 saturated heterocycles. The van der Waals surface area contributed by atoms with E-state index in [1.807, 2.05) is 6.92 Å². The molecular weight excluding hydrogens is 476 g/mol. The molecule has 152 valence electrons. The summed E-state index contributed by atoms with van der Waals surface area (Å²) in [6, 6.07) is 9.99. The number of carbonyl (C=O) groups is 2. The normalized spacial score (nSPS) is 18.3. The maximum atomic E-state index is 14.5. The third-order valence-electron chi connectivity index (χ3n) is 4.86. The Labute approximate surface area is 183 Å². The predicted octanol–water partition coefficient (Wildman–Crippen LogP) is 5.72. The monoisotopic (exact) mass is 489 g/mol. The van der Waals surface area contributed by atoms with Crippen LogP contribution in [0, 0.1) is 18.6 Å². The molecule has 0 saturated carbocycles. The van der Waals surface area contributed by atoms with Crippen LogP contribution >= 0.6 is 27.3 Å². The standard InChI is InChI=1S/C22H14BrF2NO3S/c1-11-9-12(4-6-14(11)23)20(27)18-19(17-3-2-8-30-17)26(22(29)21(18)28)16-10-13(24)5-7-15(16)25/h2-10,19,27H,1H3/b20-18-. The highest BCUT2D eigenvalue weighted by Gasteiger charge is 2.48. The summed E-state index contributed by atoms with van der Waals surface area (Å²) >= 11 is 4.62. The molecule has 0 bridgehead atoms. The van der Waals surface area contributed by atoms with E-state index in [0.29, 0.717) is 10.4 Å². The summed E-state index contributed by atoms with van der Waals surface area (Å²) in [5, 5.41) is 12.7. The van der Waals surface area contributed by atoms with Crippen molar-refractivity contribution in [2.45, 2.75) is 13.0 Å². The number of aliphatic hydroxyl groups excluding tert-OH is 1. The molecule has 1 aliphatic rings. The van der Waals surface area contributed by atoms with Crippen molar-refractivity contribution in [2.24, 2.45) is 0 Å². The first-order valence-electron chi connectivity index (χ1n) is 8.85. The minimum atomic E-state index is -1.08. The Morgan fingerprint density at radius 3 is 2.57 bits per heavy atom. The molecule has 2 heterocycles. The van der Waals surface area contributed by atoms with Gasteiger partial charge in [0.05, 0.1) is 11.3 Å². The average molecular weight is 490 g/mol. The Balaban J connectivity index is 1.96. The molecule has 3 aromatic rings. The second-order valence-corrected chi connectivity index (χ2v) is 8.58. The van der Waals surface area contributed by atoms with Gasteiger partial charge in [-0.05, 0) is 48.2 Å². The Bertz CT molecular complexity index is 1210. The van der Waals surface area contributed by atoms with Crippen LogP contribution in [-0.4, -0.2) is 16.8 Å². The van der Waals surface area contributed by atoms with Crippen LogP contribution < -0.4 is 4.90 Å². The summed E-state index contributed by atoms with van der Waals surface area (Å²) in [5.41, 5.74) is 0.626. The molecule has 2 aromatic carbocycles. The predicted molar refractivity (Wildman–Crippen MR) is 114 cm³/mol. The van der Waals surface area contributed by atoms with Gasteiger partial charge in [-0.25, -0.2) is 8.78 Å². The molecule has 30 heavy (non-hydrogen) atoms. The van der Waals surface area contributed by atoms with Gasteiger partial charge in [0.15, 0.2) is 0 Å². The van der Waals surface area contributed by atoms with Crippen LogP contribution in [0.4, 0.5) is 14.5 Å². The fraction of sp³-hybridized carbons (Fsp3) is 0.0909. The molecule has 1 N–H and O–H groups in total. The highest BCUT2D eigenvalue weighted by molar-refractivity contribution is 9.10. The van der Waals surface area contributed by atoms with Crippen molar-refractivity contribution in [1.82, 2.24) is 0 Å². The first-order chi connectivity index (χ1) is 14.3. The molecule has 4 rings (SSSR count). The second-order valence-electron chi connectivity index (χ2n) is 6.74. The van der Waals surface area contributed by atoms with Gasteiger partial charge in [-0.2, -0.15) is 0 Å². The number of halogens is 3. The summed E-state index contributed by atoms with van der Waals surface area (Å²) in [6.07, 6.45) is 0. The lowest BCUT2D eigenvalue weighted by Crippen LogP contribution is -2.30. The summed E-state index contributed by atoms with van der Waals surface area (Å²) in [4.78, 5) is 27.3. The van der Waals surface area contributed by atoms with Crippen LogP contribution in [0.2, 0.25) is 0 Å². The third kappa shape index (κ3) is 3.36. The van der Waals surface area contributed by atoms with E-state index in [1.54, 1.807) is 35.7 Å². The molecule has 0 spiro atoms. The van der Waals surface area contributed by atoms with Crippen LogP contribution in [0.15, 0.2) is 64.0 Å². The SMILES string of the molecule is Cc1cc(/C(O)=C2/C(=O)C(=O)N(c3cc(F)ccc3F)C2c2cccs2)ccc1Br. The maximum absolute atomic E-state index is 14.5. The molecule has 4 nitrogen and oxygen atoms in total. The van der Waals surface area contributed by atoms with Crippen molar-refractivity contribution in [2.75, 3.05) is 4.90 Å². The summed E-state index contributed by atoms with van der Waals surface area (Å²) in [6.45, 7) is 1.82. The van der Waals surface area contributed by atoms with Crippen molar-refractivity contribution in [3.63, 3.8) is 0 Å². The molecule has 1 amide bonds. The number of thiophene rings is 1. The smallest absolute Gasteiger partial charge is 0.300 e. The molecule has 0 aliphatic carbocycles. The van der Waals surface area contributed by atoms with Gasteiger partial charge in [-0.3, -0.25) is 14.5 Å². The number of hydrogen-bond donors (Lipinski definition) is 1. The largest absolute Gasteiger partial charge is 0.507 e. The Hall–Kier alpha value is -2.84. The fourth-order valence-electron chi connectivity index (χ4n) is 3.41. The van der Waals surface area contributed by atoms with Gasteiger partial charge in [0.1, 0.15) is 23.4 Å². The molecule has 1 fully saturated rings. The zero-order chi connectivity index (χ0) is 21.6. The van der Waals surface area contributed by atoms with Crippen molar-refractivity contribution in [3.05, 3.63) is 91.6 Å². The zero-order valence-corrected chi connectivity index (χ0v) is 17.9. The highest BCUT2D eigenvalue weighted by Crippen LogP contribution is 2.44. The van der Waals surface area contributed by atoms with E-state index >= 15 is 0 Å². The average Bonchev–Trinajstić information content (AvgIpc) is 3.33. The van der Waals surface area contributed by atoms with Crippen LogP contribution in [0.25, 0.3) is 5.76 Å². The van der Waals surface area contributed by atoms with Gasteiger partial charge < -0.3 is 5.11 Å². The molecule has 1 aromatic heterocycles. The minimum Gasteiger partial charge on any atom is -0.507 e. The van der Waals surface area contributed by atoms with Crippen LogP contribution in [0.3, 0.4) is 0 Å². The number of ketones is 1. The quantitative estimate of drug-likeness (QED) is 0.290. The summed E-state index contributed by atoms with van der Waals surface area (Å²) in [7, 11) is 0. The van der Waals surface area contributed by atoms with E-state index in [1.165, 1.54) is 11.3 Å². The van der Waals surface area contributed by atoms with Crippen molar-refractivity contribution in [1.29, 1.82) is 0 Å². The molecular formula is C22H14BrF2NO3S. The third-order valence-corrected chi connectivity index (χ3v) is 6.67. The van der Waals surface area contributed by atoms with E-state index in [9.17, 15) is 23.5 Å². The number of nitrogens with zero attached hydrogens (tertiary/aromatic N) is 1. The number of aryl methyl sites for hydroxylation is 1. The first kappa shape index (κ1) is 20.4. The van der Waals surface area contributed by atoms with E-state index in [0.717, 1.165) is 33.1 Å². The van der Waals surface area contributed by atoms with Crippen molar-refractivity contribution in [3.8, 4) is 0 Å². The van der Waals surface area contributed by atoms with Gasteiger partial charge in [-0.15, -0.1) is 11.3 Å². The Morgan fingerprint density at radius 1 is 1.13 bits per heavy atom. The summed E-state index contributed by atoms with van der Waals surface area (Å²) < 4.78 is 29.2. The number of carbonyl (C=O) groups excluding carboxylic acids is 2. The molecule has 0 radical (unpaired) electrons.